The van der Waals surface area contributed by atoms with Gasteiger partial charge in [0, 0.05) is 17.2 Å². The molecule has 9 heteroatoms. The molecule has 0 aliphatic rings. The van der Waals surface area contributed by atoms with Gasteiger partial charge >= 0.3 is 6.18 Å². The normalized spacial score (nSPS) is 14.9. The van der Waals surface area contributed by atoms with E-state index in [1.165, 1.54) is 30.6 Å². The van der Waals surface area contributed by atoms with E-state index >= 15 is 0 Å². The highest BCUT2D eigenvalue weighted by molar-refractivity contribution is 6.34. The molecule has 2 aromatic carbocycles. The number of benzene rings is 2. The van der Waals surface area contributed by atoms with Crippen molar-refractivity contribution in [3.05, 3.63) is 69.7 Å². The van der Waals surface area contributed by atoms with Crippen molar-refractivity contribution in [2.45, 2.75) is 11.8 Å². The fourth-order valence-electron chi connectivity index (χ4n) is 2.45. The topological polar surface area (TPSA) is 60.0 Å². The number of rotatable bonds is 6. The zero-order chi connectivity index (χ0) is 20.8. The number of nitrogens with zero attached hydrogens (tertiary/aromatic N) is 2. The van der Waals surface area contributed by atoms with E-state index in [9.17, 15) is 13.2 Å². The molecule has 0 fully saturated rings. The molecule has 0 aromatic heterocycles. The number of nitrogens with two attached hydrogens (primary N) is 1. The zero-order valence-electron chi connectivity index (χ0n) is 14.6. The van der Waals surface area contributed by atoms with Crippen LogP contribution >= 0.6 is 23.2 Å². The maximum absolute atomic E-state index is 14.0. The van der Waals surface area contributed by atoms with Crippen LogP contribution in [0.25, 0.3) is 6.08 Å². The molecular weight excluding hydrogens is 414 g/mol. The molecule has 0 saturated heterocycles. The van der Waals surface area contributed by atoms with Crippen LogP contribution in [0.2, 0.25) is 10.0 Å². The summed E-state index contributed by atoms with van der Waals surface area (Å²) >= 11 is 11.8. The van der Waals surface area contributed by atoms with Gasteiger partial charge in [0.25, 0.3) is 0 Å². The average Bonchev–Trinajstić information content (AvgIpc) is 2.62. The summed E-state index contributed by atoms with van der Waals surface area (Å²) in [6.45, 7) is 0. The highest BCUT2D eigenvalue weighted by Crippen LogP contribution is 2.44. The number of aliphatic imine (C=N–C) groups is 2. The van der Waals surface area contributed by atoms with Gasteiger partial charge in [0.05, 0.1) is 12.0 Å². The van der Waals surface area contributed by atoms with Crippen LogP contribution in [0.3, 0.4) is 0 Å². The van der Waals surface area contributed by atoms with E-state index in [-0.39, 0.29) is 15.6 Å². The van der Waals surface area contributed by atoms with Crippen LogP contribution in [0.15, 0.2) is 58.5 Å². The standard InChI is InChI=1S/C19H16Cl2F3N3O/c1-28-18(19(22,23)24,14-8-15(20)10-16(21)9-14)7-6-13-2-4-17(5-3-13)27-12-26-11-25/h2-12H,1H3,(H2,25,26,27)/b7-6+. The summed E-state index contributed by atoms with van der Waals surface area (Å²) in [5.74, 6) is 0. The predicted octanol–water partition coefficient (Wildman–Crippen LogP) is 5.76. The molecule has 0 aliphatic heterocycles. The molecule has 2 rings (SSSR count). The van der Waals surface area contributed by atoms with Crippen LogP contribution in [0, 0.1) is 0 Å². The Morgan fingerprint density at radius 2 is 1.64 bits per heavy atom. The van der Waals surface area contributed by atoms with Crippen molar-refractivity contribution in [3.8, 4) is 0 Å². The highest BCUT2D eigenvalue weighted by atomic mass is 35.5. The monoisotopic (exact) mass is 429 g/mol. The van der Waals surface area contributed by atoms with E-state index < -0.39 is 11.8 Å². The SMILES string of the molecule is COC(/C=C/c1ccc(N=CN=CN)cc1)(c1cc(Cl)cc(Cl)c1)C(F)(F)F. The number of methoxy groups -OCH3 is 1. The van der Waals surface area contributed by atoms with E-state index in [0.29, 0.717) is 11.3 Å². The van der Waals surface area contributed by atoms with Crippen LogP contribution in [0.5, 0.6) is 0 Å². The molecule has 1 atom stereocenters. The lowest BCUT2D eigenvalue weighted by atomic mass is 9.91. The number of hydrogen-bond acceptors (Lipinski definition) is 2. The van der Waals surface area contributed by atoms with Gasteiger partial charge in [-0.05, 0) is 47.5 Å². The van der Waals surface area contributed by atoms with Gasteiger partial charge in [0.1, 0.15) is 6.34 Å². The Bertz CT molecular complexity index is 876. The van der Waals surface area contributed by atoms with Crippen molar-refractivity contribution in [2.75, 3.05) is 7.11 Å². The predicted molar refractivity (Wildman–Crippen MR) is 108 cm³/mol. The van der Waals surface area contributed by atoms with Crippen molar-refractivity contribution in [2.24, 2.45) is 15.7 Å². The zero-order valence-corrected chi connectivity index (χ0v) is 16.1. The minimum atomic E-state index is -4.75. The second-order valence-corrected chi connectivity index (χ2v) is 6.44. The summed E-state index contributed by atoms with van der Waals surface area (Å²) in [7, 11) is 0.975. The van der Waals surface area contributed by atoms with E-state index in [2.05, 4.69) is 9.98 Å². The Hall–Kier alpha value is -2.35. The van der Waals surface area contributed by atoms with Crippen LogP contribution in [0.1, 0.15) is 11.1 Å². The molecule has 0 saturated carbocycles. The van der Waals surface area contributed by atoms with E-state index in [1.54, 1.807) is 24.3 Å². The van der Waals surface area contributed by atoms with Crippen LogP contribution < -0.4 is 5.73 Å². The molecule has 4 nitrogen and oxygen atoms in total. The Labute approximate surface area is 170 Å². The summed E-state index contributed by atoms with van der Waals surface area (Å²) < 4.78 is 46.8. The van der Waals surface area contributed by atoms with Crippen molar-refractivity contribution in [1.82, 2.24) is 0 Å². The molecule has 0 amide bonds. The molecule has 148 valence electrons. The third-order valence-electron chi connectivity index (χ3n) is 3.80. The third kappa shape index (κ3) is 5.13. The Morgan fingerprint density at radius 3 is 2.14 bits per heavy atom. The number of hydrogen-bond donors (Lipinski definition) is 1. The van der Waals surface area contributed by atoms with Crippen LogP contribution in [-0.2, 0) is 10.3 Å². The molecular formula is C19H16Cl2F3N3O. The van der Waals surface area contributed by atoms with E-state index in [4.69, 9.17) is 33.7 Å². The summed E-state index contributed by atoms with van der Waals surface area (Å²) in [6.07, 6.45) is -0.183. The lowest BCUT2D eigenvalue weighted by Crippen LogP contribution is -2.42. The van der Waals surface area contributed by atoms with Gasteiger partial charge in [-0.25, -0.2) is 9.98 Å². The first kappa shape index (κ1) is 21.9. The minimum absolute atomic E-state index is 0.0731. The van der Waals surface area contributed by atoms with Crippen molar-refractivity contribution in [3.63, 3.8) is 0 Å². The lowest BCUT2D eigenvalue weighted by Gasteiger charge is -2.32. The Balaban J connectivity index is 2.43. The van der Waals surface area contributed by atoms with Crippen LogP contribution in [0.4, 0.5) is 18.9 Å². The first-order valence-electron chi connectivity index (χ1n) is 7.85. The van der Waals surface area contributed by atoms with Crippen LogP contribution in [-0.4, -0.2) is 26.0 Å². The summed E-state index contributed by atoms with van der Waals surface area (Å²) in [5, 5.41) is 0.146. The second-order valence-electron chi connectivity index (χ2n) is 5.56. The van der Waals surface area contributed by atoms with Gasteiger partial charge < -0.3 is 10.5 Å². The first-order valence-corrected chi connectivity index (χ1v) is 8.61. The molecule has 0 aliphatic carbocycles. The summed E-state index contributed by atoms with van der Waals surface area (Å²) in [5.41, 5.74) is 3.24. The molecule has 0 heterocycles. The van der Waals surface area contributed by atoms with Crippen molar-refractivity contribution in [1.29, 1.82) is 0 Å². The number of ether oxygens (including phenoxy) is 1. The summed E-state index contributed by atoms with van der Waals surface area (Å²) in [6, 6.07) is 10.2. The highest BCUT2D eigenvalue weighted by Gasteiger charge is 2.55. The largest absolute Gasteiger partial charge is 0.425 e. The minimum Gasteiger partial charge on any atom is -0.390 e. The molecule has 2 aromatic rings. The fraction of sp³-hybridized carbons (Fsp3) is 0.158. The van der Waals surface area contributed by atoms with Gasteiger partial charge in [0.15, 0.2) is 0 Å². The maximum Gasteiger partial charge on any atom is 0.425 e. The first-order chi connectivity index (χ1) is 13.2. The quantitative estimate of drug-likeness (QED) is 0.468. The number of halogens is 5. The molecule has 28 heavy (non-hydrogen) atoms. The fourth-order valence-corrected chi connectivity index (χ4v) is 2.97. The Kier molecular flexibility index (Phi) is 7.23. The van der Waals surface area contributed by atoms with E-state index in [0.717, 1.165) is 19.5 Å². The smallest absolute Gasteiger partial charge is 0.390 e. The van der Waals surface area contributed by atoms with Crippen molar-refractivity contribution >= 4 is 47.6 Å². The molecule has 2 N–H and O–H groups in total. The summed E-state index contributed by atoms with van der Waals surface area (Å²) in [4.78, 5) is 7.64. The Morgan fingerprint density at radius 1 is 1.04 bits per heavy atom. The maximum atomic E-state index is 14.0. The average molecular weight is 430 g/mol. The van der Waals surface area contributed by atoms with Gasteiger partial charge in [0.2, 0.25) is 5.60 Å². The number of alkyl halides is 3. The molecule has 1 unspecified atom stereocenters. The molecule has 0 spiro atoms. The lowest BCUT2D eigenvalue weighted by molar-refractivity contribution is -0.254. The van der Waals surface area contributed by atoms with Gasteiger partial charge in [-0.3, -0.25) is 0 Å². The van der Waals surface area contributed by atoms with Gasteiger partial charge in [-0.1, -0.05) is 41.4 Å². The van der Waals surface area contributed by atoms with Gasteiger partial charge in [-0.2, -0.15) is 13.2 Å². The molecule has 0 radical (unpaired) electrons. The van der Waals surface area contributed by atoms with E-state index in [1.807, 2.05) is 0 Å². The third-order valence-corrected chi connectivity index (χ3v) is 4.23. The second kappa shape index (κ2) is 9.23. The van der Waals surface area contributed by atoms with Gasteiger partial charge in [-0.15, -0.1) is 0 Å². The van der Waals surface area contributed by atoms with Crippen molar-refractivity contribution < 1.29 is 17.9 Å². The molecule has 0 bridgehead atoms.